The van der Waals surface area contributed by atoms with Crippen LogP contribution >= 0.6 is 0 Å². The molecule has 1 heterocycles. The van der Waals surface area contributed by atoms with Gasteiger partial charge in [-0.05, 0) is 13.8 Å². The zero-order chi connectivity index (χ0) is 13.8. The molecule has 0 aliphatic heterocycles. The van der Waals surface area contributed by atoms with Gasteiger partial charge in [-0.25, -0.2) is 13.8 Å². The van der Waals surface area contributed by atoms with E-state index in [1.54, 1.807) is 4.57 Å². The molecule has 0 unspecified atom stereocenters. The second-order valence-corrected chi connectivity index (χ2v) is 3.99. The lowest BCUT2D eigenvalue weighted by molar-refractivity contribution is -0.143. The van der Waals surface area contributed by atoms with Crippen molar-refractivity contribution in [2.45, 2.75) is 26.7 Å². The quantitative estimate of drug-likeness (QED) is 0.757. The van der Waals surface area contributed by atoms with Crippen LogP contribution in [0.4, 0.5) is 8.78 Å². The number of rotatable bonds is 6. The van der Waals surface area contributed by atoms with Gasteiger partial charge in [-0.1, -0.05) is 0 Å². The van der Waals surface area contributed by atoms with Crippen LogP contribution in [0.3, 0.4) is 0 Å². The van der Waals surface area contributed by atoms with Crippen LogP contribution in [-0.2, 0) is 16.0 Å². The van der Waals surface area contributed by atoms with E-state index in [4.69, 9.17) is 9.47 Å². The highest BCUT2D eigenvalue weighted by Crippen LogP contribution is 2.18. The Hall–Kier alpha value is -1.53. The van der Waals surface area contributed by atoms with Gasteiger partial charge in [0.05, 0.1) is 23.9 Å². The number of fused-ring (bicyclic) bond motifs is 1. The van der Waals surface area contributed by atoms with Gasteiger partial charge in [-0.3, -0.25) is 0 Å². The number of nitrogens with zero attached hydrogens (tertiary/aromatic N) is 2. The molecule has 0 saturated carbocycles. The van der Waals surface area contributed by atoms with Crippen molar-refractivity contribution in [3.63, 3.8) is 0 Å². The van der Waals surface area contributed by atoms with Crippen molar-refractivity contribution in [3.8, 4) is 0 Å². The van der Waals surface area contributed by atoms with Crippen molar-refractivity contribution < 1.29 is 18.3 Å². The van der Waals surface area contributed by atoms with Gasteiger partial charge in [0.25, 0.3) is 0 Å². The second kappa shape index (κ2) is 6.08. The Bertz CT molecular complexity index is 551. The fourth-order valence-corrected chi connectivity index (χ4v) is 1.88. The van der Waals surface area contributed by atoms with E-state index in [9.17, 15) is 8.78 Å². The fraction of sp³-hybridized carbons (Fsp3) is 0.462. The smallest absolute Gasteiger partial charge is 0.175 e. The molecule has 0 aliphatic carbocycles. The Balaban J connectivity index is 2.26. The fourth-order valence-electron chi connectivity index (χ4n) is 1.88. The van der Waals surface area contributed by atoms with Crippen molar-refractivity contribution in [1.82, 2.24) is 9.55 Å². The maximum Gasteiger partial charge on any atom is 0.175 e. The van der Waals surface area contributed by atoms with Gasteiger partial charge in [-0.2, -0.15) is 0 Å². The monoisotopic (exact) mass is 270 g/mol. The first-order chi connectivity index (χ1) is 9.15. The number of halogens is 2. The van der Waals surface area contributed by atoms with Crippen LogP contribution in [0.15, 0.2) is 18.5 Å². The van der Waals surface area contributed by atoms with Crippen LogP contribution in [0.2, 0.25) is 0 Å². The molecule has 1 aromatic carbocycles. The molecule has 0 bridgehead atoms. The normalized spacial score (nSPS) is 11.6. The highest BCUT2D eigenvalue weighted by atomic mass is 19.2. The van der Waals surface area contributed by atoms with Crippen LogP contribution < -0.4 is 0 Å². The molecule has 1 aromatic heterocycles. The van der Waals surface area contributed by atoms with E-state index in [1.807, 2.05) is 13.8 Å². The maximum absolute atomic E-state index is 13.3. The summed E-state index contributed by atoms with van der Waals surface area (Å²) in [6, 6.07) is 2.21. The minimum atomic E-state index is -0.899. The van der Waals surface area contributed by atoms with E-state index in [0.29, 0.717) is 30.8 Å². The van der Waals surface area contributed by atoms with Crippen LogP contribution in [0.25, 0.3) is 11.0 Å². The molecule has 0 saturated heterocycles. The number of aromatic nitrogens is 2. The van der Waals surface area contributed by atoms with Gasteiger partial charge in [0.1, 0.15) is 0 Å². The minimum Gasteiger partial charge on any atom is -0.351 e. The lowest BCUT2D eigenvalue weighted by Crippen LogP contribution is -2.23. The third kappa shape index (κ3) is 3.08. The summed E-state index contributed by atoms with van der Waals surface area (Å²) >= 11 is 0. The molecule has 0 spiro atoms. The number of hydrogen-bond acceptors (Lipinski definition) is 3. The second-order valence-electron chi connectivity index (χ2n) is 3.99. The molecule has 104 valence electrons. The molecule has 4 nitrogen and oxygen atoms in total. The van der Waals surface area contributed by atoms with Gasteiger partial charge in [0.2, 0.25) is 0 Å². The van der Waals surface area contributed by atoms with E-state index in [1.165, 1.54) is 6.33 Å². The first-order valence-electron chi connectivity index (χ1n) is 6.18. The lowest BCUT2D eigenvalue weighted by atomic mass is 10.3. The summed E-state index contributed by atoms with van der Waals surface area (Å²) in [5.41, 5.74) is 0.925. The molecule has 0 N–H and O–H groups in total. The Kier molecular flexibility index (Phi) is 4.44. The summed E-state index contributed by atoms with van der Waals surface area (Å²) in [5, 5.41) is 0. The molecular formula is C13H16F2N2O2. The number of benzene rings is 1. The van der Waals surface area contributed by atoms with E-state index >= 15 is 0 Å². The molecule has 0 radical (unpaired) electrons. The molecule has 2 aromatic rings. The van der Waals surface area contributed by atoms with E-state index in [0.717, 1.165) is 12.1 Å². The third-order valence-corrected chi connectivity index (χ3v) is 2.71. The molecule has 0 atom stereocenters. The summed E-state index contributed by atoms with van der Waals surface area (Å²) in [6.07, 6.45) is 1.09. The van der Waals surface area contributed by atoms with E-state index in [2.05, 4.69) is 4.98 Å². The summed E-state index contributed by atoms with van der Waals surface area (Å²) in [4.78, 5) is 4.04. The lowest BCUT2D eigenvalue weighted by Gasteiger charge is -2.17. The van der Waals surface area contributed by atoms with Crippen molar-refractivity contribution in [2.24, 2.45) is 0 Å². The molecule has 0 amide bonds. The van der Waals surface area contributed by atoms with Gasteiger partial charge in [0, 0.05) is 25.3 Å². The molecule has 0 aliphatic rings. The van der Waals surface area contributed by atoms with Crippen LogP contribution in [0.5, 0.6) is 0 Å². The summed E-state index contributed by atoms with van der Waals surface area (Å²) < 4.78 is 38.9. The average Bonchev–Trinajstić information content (AvgIpc) is 2.73. The Labute approximate surface area is 109 Å². The van der Waals surface area contributed by atoms with Crippen LogP contribution in [0, 0.1) is 11.6 Å². The largest absolute Gasteiger partial charge is 0.351 e. The Morgan fingerprint density at radius 2 is 1.79 bits per heavy atom. The van der Waals surface area contributed by atoms with Crippen molar-refractivity contribution in [3.05, 3.63) is 30.1 Å². The SMILES string of the molecule is CCOC(Cn1cnc2cc(F)c(F)cc21)OCC. The van der Waals surface area contributed by atoms with Crippen molar-refractivity contribution in [1.29, 1.82) is 0 Å². The van der Waals surface area contributed by atoms with Crippen molar-refractivity contribution >= 4 is 11.0 Å². The van der Waals surface area contributed by atoms with Gasteiger partial charge in [-0.15, -0.1) is 0 Å². The first kappa shape index (κ1) is 13.9. The highest BCUT2D eigenvalue weighted by molar-refractivity contribution is 5.75. The standard InChI is InChI=1S/C13H16F2N2O2/c1-3-18-13(19-4-2)7-17-8-16-11-5-9(14)10(15)6-12(11)17/h5-6,8,13H,3-4,7H2,1-2H3. The van der Waals surface area contributed by atoms with Gasteiger partial charge >= 0.3 is 0 Å². The molecular weight excluding hydrogens is 254 g/mol. The summed E-state index contributed by atoms with van der Waals surface area (Å²) in [5.74, 6) is -1.79. The van der Waals surface area contributed by atoms with Crippen molar-refractivity contribution in [2.75, 3.05) is 13.2 Å². The molecule has 2 rings (SSSR count). The third-order valence-electron chi connectivity index (χ3n) is 2.71. The highest BCUT2D eigenvalue weighted by Gasteiger charge is 2.13. The maximum atomic E-state index is 13.3. The average molecular weight is 270 g/mol. The van der Waals surface area contributed by atoms with Crippen LogP contribution in [0.1, 0.15) is 13.8 Å². The molecule has 19 heavy (non-hydrogen) atoms. The zero-order valence-electron chi connectivity index (χ0n) is 10.9. The number of ether oxygens (including phenoxy) is 2. The summed E-state index contributed by atoms with van der Waals surface area (Å²) in [6.45, 7) is 5.14. The minimum absolute atomic E-state index is 0.378. The first-order valence-corrected chi connectivity index (χ1v) is 6.18. The number of hydrogen-bond donors (Lipinski definition) is 0. The predicted octanol–water partition coefficient (Wildman–Crippen LogP) is 2.71. The van der Waals surface area contributed by atoms with E-state index in [-0.39, 0.29) is 0 Å². The summed E-state index contributed by atoms with van der Waals surface area (Å²) in [7, 11) is 0. The van der Waals surface area contributed by atoms with Crippen LogP contribution in [-0.4, -0.2) is 29.1 Å². The Morgan fingerprint density at radius 1 is 1.16 bits per heavy atom. The van der Waals surface area contributed by atoms with Gasteiger partial charge in [0.15, 0.2) is 17.9 Å². The molecule has 0 fully saturated rings. The Morgan fingerprint density at radius 3 is 2.42 bits per heavy atom. The molecule has 6 heteroatoms. The zero-order valence-corrected chi connectivity index (χ0v) is 10.9. The topological polar surface area (TPSA) is 36.3 Å². The van der Waals surface area contributed by atoms with Gasteiger partial charge < -0.3 is 14.0 Å². The predicted molar refractivity (Wildman–Crippen MR) is 66.7 cm³/mol. The number of imidazole rings is 1. The van der Waals surface area contributed by atoms with E-state index < -0.39 is 17.9 Å².